The van der Waals surface area contributed by atoms with Gasteiger partial charge in [0.15, 0.2) is 0 Å². The number of ether oxygens (including phenoxy) is 1. The van der Waals surface area contributed by atoms with Gasteiger partial charge in [0.1, 0.15) is 11.4 Å². The molecule has 0 heterocycles. The van der Waals surface area contributed by atoms with E-state index in [-0.39, 0.29) is 16.7 Å². The number of hydrogen-bond donors (Lipinski definition) is 2. The van der Waals surface area contributed by atoms with Crippen LogP contribution in [0, 0.1) is 10.1 Å². The molecule has 0 aliphatic heterocycles. The van der Waals surface area contributed by atoms with Crippen LogP contribution in [0.2, 0.25) is 0 Å². The van der Waals surface area contributed by atoms with Crippen LogP contribution in [0.25, 0.3) is 0 Å². The van der Waals surface area contributed by atoms with E-state index in [2.05, 4.69) is 10.6 Å². The molecule has 1 atom stereocenters. The fourth-order valence-corrected chi connectivity index (χ4v) is 2.45. The van der Waals surface area contributed by atoms with Crippen molar-refractivity contribution in [3.8, 4) is 5.75 Å². The molecule has 0 aliphatic carbocycles. The van der Waals surface area contributed by atoms with E-state index in [9.17, 15) is 10.1 Å². The Balaban J connectivity index is 2.11. The second-order valence-corrected chi connectivity index (χ2v) is 5.20. The summed E-state index contributed by atoms with van der Waals surface area (Å²) in [6, 6.07) is 13.1. The SMILES string of the molecule is CNc1ccc(CN[C@H](C)c2ccccc2OC)cc1[N+](=O)[O-]. The maximum Gasteiger partial charge on any atom is 0.292 e. The summed E-state index contributed by atoms with van der Waals surface area (Å²) in [5.74, 6) is 0.823. The van der Waals surface area contributed by atoms with E-state index in [4.69, 9.17) is 4.74 Å². The Morgan fingerprint density at radius 2 is 2.00 bits per heavy atom. The Labute approximate surface area is 135 Å². The minimum atomic E-state index is -0.376. The van der Waals surface area contributed by atoms with Crippen LogP contribution < -0.4 is 15.4 Å². The second kappa shape index (κ2) is 7.60. The van der Waals surface area contributed by atoms with Crippen molar-refractivity contribution in [3.63, 3.8) is 0 Å². The lowest BCUT2D eigenvalue weighted by atomic mass is 10.1. The highest BCUT2D eigenvalue weighted by Crippen LogP contribution is 2.27. The molecule has 0 radical (unpaired) electrons. The number of nitrogens with one attached hydrogen (secondary N) is 2. The monoisotopic (exact) mass is 315 g/mol. The van der Waals surface area contributed by atoms with Crippen molar-refractivity contribution in [1.29, 1.82) is 0 Å². The van der Waals surface area contributed by atoms with Crippen molar-refractivity contribution in [2.75, 3.05) is 19.5 Å². The number of hydrogen-bond acceptors (Lipinski definition) is 5. The molecular formula is C17H21N3O3. The first kappa shape index (κ1) is 16.8. The predicted molar refractivity (Wildman–Crippen MR) is 90.9 cm³/mol. The van der Waals surface area contributed by atoms with Gasteiger partial charge in [-0.2, -0.15) is 0 Å². The van der Waals surface area contributed by atoms with Crippen LogP contribution in [0.1, 0.15) is 24.1 Å². The van der Waals surface area contributed by atoms with Gasteiger partial charge in [0.2, 0.25) is 0 Å². The number of benzene rings is 2. The van der Waals surface area contributed by atoms with Crippen LogP contribution in [0.5, 0.6) is 5.75 Å². The molecule has 23 heavy (non-hydrogen) atoms. The molecule has 0 fully saturated rings. The van der Waals surface area contributed by atoms with Gasteiger partial charge < -0.3 is 15.4 Å². The molecule has 0 aromatic heterocycles. The van der Waals surface area contributed by atoms with Crippen molar-refractivity contribution in [2.45, 2.75) is 19.5 Å². The summed E-state index contributed by atoms with van der Waals surface area (Å²) in [4.78, 5) is 10.7. The molecule has 0 aliphatic rings. The van der Waals surface area contributed by atoms with Crippen LogP contribution >= 0.6 is 0 Å². The minimum absolute atomic E-state index is 0.0641. The molecule has 6 nitrogen and oxygen atoms in total. The summed E-state index contributed by atoms with van der Waals surface area (Å²) in [6.45, 7) is 2.57. The maximum absolute atomic E-state index is 11.1. The molecule has 0 bridgehead atoms. The first-order valence-corrected chi connectivity index (χ1v) is 7.38. The molecule has 6 heteroatoms. The highest BCUT2D eigenvalue weighted by atomic mass is 16.6. The average Bonchev–Trinajstić information content (AvgIpc) is 2.59. The quantitative estimate of drug-likeness (QED) is 0.604. The van der Waals surface area contributed by atoms with Gasteiger partial charge in [-0.3, -0.25) is 10.1 Å². The highest BCUT2D eigenvalue weighted by Gasteiger charge is 2.14. The fourth-order valence-electron chi connectivity index (χ4n) is 2.45. The van der Waals surface area contributed by atoms with Gasteiger partial charge in [0.25, 0.3) is 5.69 Å². The summed E-state index contributed by atoms with van der Waals surface area (Å²) in [5.41, 5.74) is 2.50. The number of nitro benzene ring substituents is 1. The lowest BCUT2D eigenvalue weighted by Crippen LogP contribution is -2.18. The number of para-hydroxylation sites is 1. The molecule has 2 rings (SSSR count). The lowest BCUT2D eigenvalue weighted by molar-refractivity contribution is -0.384. The van der Waals surface area contributed by atoms with Gasteiger partial charge in [-0.15, -0.1) is 0 Å². The predicted octanol–water partition coefficient (Wildman–Crippen LogP) is 3.50. The topological polar surface area (TPSA) is 76.4 Å². The minimum Gasteiger partial charge on any atom is -0.496 e. The third kappa shape index (κ3) is 3.98. The van der Waals surface area contributed by atoms with E-state index < -0.39 is 0 Å². The molecule has 0 unspecified atom stereocenters. The van der Waals surface area contributed by atoms with Crippen molar-refractivity contribution in [2.24, 2.45) is 0 Å². The third-order valence-electron chi connectivity index (χ3n) is 3.75. The van der Waals surface area contributed by atoms with E-state index in [0.717, 1.165) is 16.9 Å². The normalized spacial score (nSPS) is 11.8. The Bertz CT molecular complexity index is 689. The van der Waals surface area contributed by atoms with Gasteiger partial charge in [0.05, 0.1) is 12.0 Å². The summed E-state index contributed by atoms with van der Waals surface area (Å²) in [6.07, 6.45) is 0. The van der Waals surface area contributed by atoms with E-state index in [0.29, 0.717) is 12.2 Å². The maximum atomic E-state index is 11.1. The van der Waals surface area contributed by atoms with Gasteiger partial charge >= 0.3 is 0 Å². The smallest absolute Gasteiger partial charge is 0.292 e. The molecule has 2 N–H and O–H groups in total. The average molecular weight is 315 g/mol. The molecule has 0 saturated carbocycles. The zero-order valence-electron chi connectivity index (χ0n) is 13.5. The van der Waals surface area contributed by atoms with Crippen molar-refractivity contribution < 1.29 is 9.66 Å². The zero-order chi connectivity index (χ0) is 16.8. The number of nitrogens with zero attached hydrogens (tertiary/aromatic N) is 1. The first-order valence-electron chi connectivity index (χ1n) is 7.38. The summed E-state index contributed by atoms with van der Waals surface area (Å²) in [7, 11) is 3.31. The van der Waals surface area contributed by atoms with Crippen molar-refractivity contribution in [1.82, 2.24) is 5.32 Å². The van der Waals surface area contributed by atoms with Crippen molar-refractivity contribution >= 4 is 11.4 Å². The number of nitro groups is 1. The number of methoxy groups -OCH3 is 1. The molecule has 2 aromatic rings. The third-order valence-corrected chi connectivity index (χ3v) is 3.75. The second-order valence-electron chi connectivity index (χ2n) is 5.20. The molecule has 2 aromatic carbocycles. The molecule has 0 amide bonds. The Morgan fingerprint density at radius 1 is 1.26 bits per heavy atom. The molecule has 0 spiro atoms. The number of rotatable bonds is 7. The molecular weight excluding hydrogens is 294 g/mol. The van der Waals surface area contributed by atoms with Crippen LogP contribution in [0.4, 0.5) is 11.4 Å². The zero-order valence-corrected chi connectivity index (χ0v) is 13.5. The van der Waals surface area contributed by atoms with Crippen LogP contribution in [0.15, 0.2) is 42.5 Å². The summed E-state index contributed by atoms with van der Waals surface area (Å²) in [5, 5.41) is 17.3. The van der Waals surface area contributed by atoms with Gasteiger partial charge in [-0.05, 0) is 24.6 Å². The Morgan fingerprint density at radius 3 is 2.65 bits per heavy atom. The standard InChI is InChI=1S/C17H21N3O3/c1-12(14-6-4-5-7-17(14)23-3)19-11-13-8-9-15(18-2)16(10-13)20(21)22/h4-10,12,18-19H,11H2,1-3H3/t12-/m1/s1. The van der Waals surface area contributed by atoms with Crippen LogP contribution in [-0.4, -0.2) is 19.1 Å². The molecule has 122 valence electrons. The summed E-state index contributed by atoms with van der Waals surface area (Å²) >= 11 is 0. The summed E-state index contributed by atoms with van der Waals surface area (Å²) < 4.78 is 5.36. The van der Waals surface area contributed by atoms with E-state index in [1.54, 1.807) is 26.3 Å². The van der Waals surface area contributed by atoms with E-state index >= 15 is 0 Å². The van der Waals surface area contributed by atoms with Gasteiger partial charge in [-0.1, -0.05) is 24.3 Å². The van der Waals surface area contributed by atoms with E-state index in [1.165, 1.54) is 0 Å². The van der Waals surface area contributed by atoms with Gasteiger partial charge in [-0.25, -0.2) is 0 Å². The number of anilines is 1. The largest absolute Gasteiger partial charge is 0.496 e. The Kier molecular flexibility index (Phi) is 5.54. The lowest BCUT2D eigenvalue weighted by Gasteiger charge is -2.17. The highest BCUT2D eigenvalue weighted by molar-refractivity contribution is 5.62. The van der Waals surface area contributed by atoms with Crippen molar-refractivity contribution in [3.05, 3.63) is 63.7 Å². The van der Waals surface area contributed by atoms with Crippen LogP contribution in [-0.2, 0) is 6.54 Å². The molecule has 0 saturated heterocycles. The first-order chi connectivity index (χ1) is 11.1. The van der Waals surface area contributed by atoms with Crippen LogP contribution in [0.3, 0.4) is 0 Å². The van der Waals surface area contributed by atoms with Gasteiger partial charge in [0, 0.05) is 31.3 Å². The Hall–Kier alpha value is -2.60. The van der Waals surface area contributed by atoms with E-state index in [1.807, 2.05) is 37.3 Å². The fraction of sp³-hybridized carbons (Fsp3) is 0.294.